The Hall–Kier alpha value is -0.0900. The standard InChI is InChI=1S/C17H31N3O3S.HI/c1-17(13-23-2)6-8-20(9-7-17)16(19-15-3-4-15)18-11-14-5-10-24(21,22)12-14;/h14-15H,3-13H2,1-2H3,(H,18,19);1H. The second-order valence-corrected chi connectivity index (χ2v) is 10.3. The fourth-order valence-electron chi connectivity index (χ4n) is 3.63. The molecule has 0 aromatic carbocycles. The Bertz CT molecular complexity index is 570. The van der Waals surface area contributed by atoms with Gasteiger partial charge in [0.05, 0.1) is 18.1 Å². The fraction of sp³-hybridized carbons (Fsp3) is 0.941. The van der Waals surface area contributed by atoms with Gasteiger partial charge in [0.15, 0.2) is 15.8 Å². The molecule has 1 atom stereocenters. The Morgan fingerprint density at radius 1 is 1.28 bits per heavy atom. The second-order valence-electron chi connectivity index (χ2n) is 8.08. The maximum atomic E-state index is 11.6. The van der Waals surface area contributed by atoms with Crippen LogP contribution in [0.1, 0.15) is 39.0 Å². The molecule has 2 heterocycles. The minimum atomic E-state index is -2.82. The molecule has 0 aromatic rings. The molecule has 3 fully saturated rings. The number of sulfone groups is 1. The number of hydrogen-bond donors (Lipinski definition) is 1. The number of halogens is 1. The Morgan fingerprint density at radius 3 is 2.48 bits per heavy atom. The molecular formula is C17H32IN3O3S. The fourth-order valence-corrected chi connectivity index (χ4v) is 5.48. The predicted octanol–water partition coefficient (Wildman–Crippen LogP) is 1.90. The molecule has 1 N–H and O–H groups in total. The van der Waals surface area contributed by atoms with Gasteiger partial charge in [-0.2, -0.15) is 0 Å². The molecule has 2 saturated heterocycles. The molecule has 0 aromatic heterocycles. The van der Waals surface area contributed by atoms with Gasteiger partial charge in [-0.05, 0) is 43.4 Å². The van der Waals surface area contributed by atoms with Crippen molar-refractivity contribution in [1.29, 1.82) is 0 Å². The van der Waals surface area contributed by atoms with Crippen molar-refractivity contribution < 1.29 is 13.2 Å². The third-order valence-electron chi connectivity index (χ3n) is 5.50. The number of piperidine rings is 1. The smallest absolute Gasteiger partial charge is 0.194 e. The van der Waals surface area contributed by atoms with E-state index in [4.69, 9.17) is 9.73 Å². The van der Waals surface area contributed by atoms with Crippen LogP contribution < -0.4 is 5.32 Å². The predicted molar refractivity (Wildman–Crippen MR) is 111 cm³/mol. The van der Waals surface area contributed by atoms with Crippen molar-refractivity contribution in [2.45, 2.75) is 45.1 Å². The SMILES string of the molecule is COCC1(C)CCN(C(=NCC2CCS(=O)(=O)C2)NC2CC2)CC1.I. The summed E-state index contributed by atoms with van der Waals surface area (Å²) in [6.45, 7) is 5.70. The zero-order chi connectivity index (χ0) is 17.2. The van der Waals surface area contributed by atoms with Gasteiger partial charge in [0.25, 0.3) is 0 Å². The van der Waals surface area contributed by atoms with Crippen LogP contribution in [0.3, 0.4) is 0 Å². The average molecular weight is 485 g/mol. The molecule has 25 heavy (non-hydrogen) atoms. The lowest BCUT2D eigenvalue weighted by atomic mass is 9.81. The summed E-state index contributed by atoms with van der Waals surface area (Å²) in [5.41, 5.74) is 0.259. The summed E-state index contributed by atoms with van der Waals surface area (Å²) in [5, 5.41) is 3.56. The van der Waals surface area contributed by atoms with Gasteiger partial charge >= 0.3 is 0 Å². The minimum Gasteiger partial charge on any atom is -0.384 e. The summed E-state index contributed by atoms with van der Waals surface area (Å²) in [4.78, 5) is 7.15. The highest BCUT2D eigenvalue weighted by Crippen LogP contribution is 2.31. The van der Waals surface area contributed by atoms with E-state index < -0.39 is 9.84 Å². The Labute approximate surface area is 169 Å². The first-order chi connectivity index (χ1) is 11.4. The summed E-state index contributed by atoms with van der Waals surface area (Å²) in [6.07, 6.45) is 5.39. The molecule has 1 aliphatic carbocycles. The third-order valence-corrected chi connectivity index (χ3v) is 7.34. The van der Waals surface area contributed by atoms with E-state index >= 15 is 0 Å². The molecule has 6 nitrogen and oxygen atoms in total. The molecule has 146 valence electrons. The maximum absolute atomic E-state index is 11.6. The van der Waals surface area contributed by atoms with Gasteiger partial charge in [-0.25, -0.2) is 8.42 Å². The van der Waals surface area contributed by atoms with Crippen molar-refractivity contribution in [3.05, 3.63) is 0 Å². The van der Waals surface area contributed by atoms with Crippen LogP contribution in [-0.4, -0.2) is 70.2 Å². The van der Waals surface area contributed by atoms with E-state index in [1.165, 1.54) is 12.8 Å². The van der Waals surface area contributed by atoms with Gasteiger partial charge in [0.2, 0.25) is 0 Å². The van der Waals surface area contributed by atoms with Crippen LogP contribution in [0.4, 0.5) is 0 Å². The number of nitrogens with one attached hydrogen (secondary N) is 1. The Kier molecular flexibility index (Phi) is 7.41. The van der Waals surface area contributed by atoms with E-state index in [0.717, 1.165) is 44.9 Å². The highest BCUT2D eigenvalue weighted by Gasteiger charge is 2.33. The molecule has 0 radical (unpaired) electrons. The number of rotatable bonds is 5. The van der Waals surface area contributed by atoms with Crippen molar-refractivity contribution in [3.63, 3.8) is 0 Å². The first-order valence-corrected chi connectivity index (χ1v) is 11.0. The average Bonchev–Trinajstić information content (AvgIpc) is 3.27. The van der Waals surface area contributed by atoms with Crippen LogP contribution >= 0.6 is 24.0 Å². The van der Waals surface area contributed by atoms with Gasteiger partial charge in [-0.3, -0.25) is 4.99 Å². The first kappa shape index (κ1) is 21.2. The van der Waals surface area contributed by atoms with Crippen molar-refractivity contribution in [3.8, 4) is 0 Å². The summed E-state index contributed by atoms with van der Waals surface area (Å²) in [7, 11) is -1.05. The normalized spacial score (nSPS) is 28.5. The monoisotopic (exact) mass is 485 g/mol. The molecule has 1 saturated carbocycles. The zero-order valence-electron chi connectivity index (χ0n) is 15.4. The van der Waals surface area contributed by atoms with E-state index in [0.29, 0.717) is 24.1 Å². The maximum Gasteiger partial charge on any atom is 0.194 e. The lowest BCUT2D eigenvalue weighted by Gasteiger charge is -2.40. The summed E-state index contributed by atoms with van der Waals surface area (Å²) in [6, 6.07) is 0.559. The van der Waals surface area contributed by atoms with Gasteiger partial charge in [0.1, 0.15) is 0 Å². The summed E-state index contributed by atoms with van der Waals surface area (Å²) >= 11 is 0. The minimum absolute atomic E-state index is 0. The topological polar surface area (TPSA) is 71.0 Å². The van der Waals surface area contributed by atoms with Crippen LogP contribution in [0.25, 0.3) is 0 Å². The van der Waals surface area contributed by atoms with E-state index in [1.807, 2.05) is 0 Å². The lowest BCUT2D eigenvalue weighted by Crippen LogP contribution is -2.49. The van der Waals surface area contributed by atoms with E-state index in [9.17, 15) is 8.42 Å². The van der Waals surface area contributed by atoms with E-state index in [-0.39, 0.29) is 35.3 Å². The third kappa shape index (κ3) is 6.23. The van der Waals surface area contributed by atoms with Gasteiger partial charge in [-0.15, -0.1) is 24.0 Å². The molecule has 8 heteroatoms. The van der Waals surface area contributed by atoms with E-state index in [1.54, 1.807) is 7.11 Å². The number of hydrogen-bond acceptors (Lipinski definition) is 4. The molecule has 0 spiro atoms. The van der Waals surface area contributed by atoms with Crippen LogP contribution in [0.15, 0.2) is 4.99 Å². The molecular weight excluding hydrogens is 453 g/mol. The molecule has 2 aliphatic heterocycles. The number of ether oxygens (including phenoxy) is 1. The zero-order valence-corrected chi connectivity index (χ0v) is 18.5. The van der Waals surface area contributed by atoms with Gasteiger partial charge in [0, 0.05) is 32.8 Å². The van der Waals surface area contributed by atoms with Crippen LogP contribution in [0.5, 0.6) is 0 Å². The van der Waals surface area contributed by atoms with Crippen LogP contribution in [0, 0.1) is 11.3 Å². The molecule has 0 bridgehead atoms. The largest absolute Gasteiger partial charge is 0.384 e. The number of methoxy groups -OCH3 is 1. The quantitative estimate of drug-likeness (QED) is 0.366. The molecule has 3 rings (SSSR count). The van der Waals surface area contributed by atoms with Crippen molar-refractivity contribution >= 4 is 39.8 Å². The van der Waals surface area contributed by atoms with Gasteiger partial charge in [-0.1, -0.05) is 6.92 Å². The Morgan fingerprint density at radius 2 is 1.96 bits per heavy atom. The van der Waals surface area contributed by atoms with Crippen molar-refractivity contribution in [1.82, 2.24) is 10.2 Å². The van der Waals surface area contributed by atoms with Gasteiger partial charge < -0.3 is 15.0 Å². The Balaban J connectivity index is 0.00000225. The second kappa shape index (κ2) is 8.73. The van der Waals surface area contributed by atoms with Crippen LogP contribution in [0.2, 0.25) is 0 Å². The molecule has 0 amide bonds. The number of aliphatic imine (C=N–C) groups is 1. The summed E-state index contributed by atoms with van der Waals surface area (Å²) < 4.78 is 28.6. The van der Waals surface area contributed by atoms with Crippen LogP contribution in [-0.2, 0) is 14.6 Å². The van der Waals surface area contributed by atoms with E-state index in [2.05, 4.69) is 17.1 Å². The number of guanidine groups is 1. The molecule has 1 unspecified atom stereocenters. The lowest BCUT2D eigenvalue weighted by molar-refractivity contribution is 0.0498. The number of nitrogens with zero attached hydrogens (tertiary/aromatic N) is 2. The summed E-state index contributed by atoms with van der Waals surface area (Å²) in [5.74, 6) is 1.81. The highest BCUT2D eigenvalue weighted by atomic mass is 127. The molecule has 3 aliphatic rings. The highest BCUT2D eigenvalue weighted by molar-refractivity contribution is 14.0. The number of likely N-dealkylation sites (tertiary alicyclic amines) is 1. The van der Waals surface area contributed by atoms with Crippen molar-refractivity contribution in [2.75, 3.05) is 44.9 Å². The first-order valence-electron chi connectivity index (χ1n) is 9.14. The van der Waals surface area contributed by atoms with Crippen molar-refractivity contribution in [2.24, 2.45) is 16.3 Å².